The van der Waals surface area contributed by atoms with Gasteiger partial charge in [0.15, 0.2) is 0 Å². The van der Waals surface area contributed by atoms with Gasteiger partial charge in [-0.25, -0.2) is 9.97 Å². The van der Waals surface area contributed by atoms with Gasteiger partial charge in [-0.1, -0.05) is 13.8 Å². The lowest BCUT2D eigenvalue weighted by Gasteiger charge is -2.20. The number of nitro benzene ring substituents is 1. The third-order valence-corrected chi connectivity index (χ3v) is 6.74. The molecule has 0 aliphatic carbocycles. The molecule has 1 saturated heterocycles. The van der Waals surface area contributed by atoms with Crippen molar-refractivity contribution in [3.8, 4) is 0 Å². The Hall–Kier alpha value is -2.39. The summed E-state index contributed by atoms with van der Waals surface area (Å²) in [5.74, 6) is 0.502. The Balaban J connectivity index is 1.68. The smallest absolute Gasteiger partial charge is 0.276 e. The van der Waals surface area contributed by atoms with Gasteiger partial charge in [0.05, 0.1) is 41.3 Å². The Labute approximate surface area is 215 Å². The number of nitrogens with two attached hydrogens (primary N) is 1. The van der Waals surface area contributed by atoms with Crippen molar-refractivity contribution in [2.45, 2.75) is 57.8 Å². The van der Waals surface area contributed by atoms with Gasteiger partial charge in [0.1, 0.15) is 30.1 Å². The minimum atomic E-state index is -0.807. The zero-order chi connectivity index (χ0) is 25.3. The van der Waals surface area contributed by atoms with Crippen molar-refractivity contribution in [2.24, 2.45) is 5.92 Å². The first kappa shape index (κ1) is 25.7. The van der Waals surface area contributed by atoms with E-state index in [4.69, 9.17) is 15.2 Å². The molecule has 1 aromatic carbocycles. The highest BCUT2D eigenvalue weighted by Gasteiger charge is 2.36. The molecular formula is C23H28IN5O6. The number of aliphatic hydroxyl groups is 2. The molecule has 0 unspecified atom stereocenters. The number of hydrogen-bond donors (Lipinski definition) is 3. The van der Waals surface area contributed by atoms with E-state index >= 15 is 0 Å². The molecule has 0 spiro atoms. The topological polar surface area (TPSA) is 159 Å². The lowest BCUT2D eigenvalue weighted by atomic mass is 9.98. The average Bonchev–Trinajstić information content (AvgIpc) is 3.37. The van der Waals surface area contributed by atoms with Crippen LogP contribution in [0, 0.1) is 19.6 Å². The number of benzene rings is 1. The highest BCUT2D eigenvalue weighted by Crippen LogP contribution is 2.37. The minimum Gasteiger partial charge on any atom is -0.394 e. The van der Waals surface area contributed by atoms with Crippen molar-refractivity contribution in [3.05, 3.63) is 55.5 Å². The third kappa shape index (κ3) is 5.40. The monoisotopic (exact) mass is 597 g/mol. The van der Waals surface area contributed by atoms with Gasteiger partial charge in [-0.15, -0.1) is 0 Å². The summed E-state index contributed by atoms with van der Waals surface area (Å²) < 4.78 is 14.6. The summed E-state index contributed by atoms with van der Waals surface area (Å²) in [6, 6.07) is 5.12. The molecule has 4 rings (SSSR count). The number of halogens is 1. The number of ether oxygens (including phenoxy) is 2. The van der Waals surface area contributed by atoms with Crippen LogP contribution >= 0.6 is 22.6 Å². The van der Waals surface area contributed by atoms with Gasteiger partial charge >= 0.3 is 0 Å². The molecule has 12 heteroatoms. The number of aromatic nitrogens is 3. The molecule has 0 saturated carbocycles. The Morgan fingerprint density at radius 2 is 2.17 bits per heavy atom. The van der Waals surface area contributed by atoms with E-state index in [-0.39, 0.29) is 42.0 Å². The summed E-state index contributed by atoms with van der Waals surface area (Å²) in [6.07, 6.45) is 1.46. The van der Waals surface area contributed by atoms with Crippen LogP contribution in [0.4, 0.5) is 11.5 Å². The van der Waals surface area contributed by atoms with Crippen LogP contribution in [0.15, 0.2) is 30.7 Å². The fourth-order valence-electron chi connectivity index (χ4n) is 4.42. The standard InChI is InChI=1S/C23H28IN5O6/c1-12(2)5-18(15-4-3-14(24)6-16(15)29(32)33)34-10-13-8-28(20-7-17(31)19(9-30)35-20)23-21(13)22(25)26-11-27-23/h3-4,6,8,11-12,17-20,30-31H,5,7,9-10H2,1-2H3,(H2,25,26,27)/t17-,18-,19-,20-/m1/s1. The van der Waals surface area contributed by atoms with Crippen molar-refractivity contribution in [1.29, 1.82) is 0 Å². The number of anilines is 1. The second-order valence-electron chi connectivity index (χ2n) is 9.02. The van der Waals surface area contributed by atoms with Gasteiger partial charge in [-0.05, 0) is 47.1 Å². The normalized spacial score (nSPS) is 21.1. The van der Waals surface area contributed by atoms with Gasteiger partial charge in [0.2, 0.25) is 0 Å². The summed E-state index contributed by atoms with van der Waals surface area (Å²) in [5.41, 5.74) is 7.95. The van der Waals surface area contributed by atoms with Crippen molar-refractivity contribution >= 4 is 45.1 Å². The largest absolute Gasteiger partial charge is 0.394 e. The SMILES string of the molecule is CC(C)C[C@@H](OCc1cn([C@H]2C[C@@H](O)[C@@H](CO)O2)c2ncnc(N)c12)c1ccc(I)cc1[N+](=O)[O-]. The molecule has 0 amide bonds. The summed E-state index contributed by atoms with van der Waals surface area (Å²) in [4.78, 5) is 19.8. The lowest BCUT2D eigenvalue weighted by Crippen LogP contribution is -2.24. The maximum atomic E-state index is 11.7. The van der Waals surface area contributed by atoms with E-state index in [1.165, 1.54) is 6.33 Å². The van der Waals surface area contributed by atoms with E-state index < -0.39 is 24.5 Å². The Kier molecular flexibility index (Phi) is 7.86. The lowest BCUT2D eigenvalue weighted by molar-refractivity contribution is -0.386. The number of nitrogens with zero attached hydrogens (tertiary/aromatic N) is 4. The van der Waals surface area contributed by atoms with E-state index in [1.807, 2.05) is 19.9 Å². The number of nitro groups is 1. The zero-order valence-electron chi connectivity index (χ0n) is 19.4. The molecule has 0 bridgehead atoms. The molecule has 3 heterocycles. The molecular weight excluding hydrogens is 569 g/mol. The minimum absolute atomic E-state index is 0.0243. The molecule has 1 aliphatic rings. The molecule has 35 heavy (non-hydrogen) atoms. The van der Waals surface area contributed by atoms with E-state index in [0.717, 1.165) is 3.57 Å². The maximum Gasteiger partial charge on any atom is 0.276 e. The van der Waals surface area contributed by atoms with Crippen molar-refractivity contribution in [2.75, 3.05) is 12.3 Å². The fourth-order valence-corrected chi connectivity index (χ4v) is 4.89. The maximum absolute atomic E-state index is 11.7. The second kappa shape index (κ2) is 10.7. The first-order valence-electron chi connectivity index (χ1n) is 11.3. The molecule has 0 radical (unpaired) electrons. The molecule has 4 atom stereocenters. The van der Waals surface area contributed by atoms with Gasteiger partial charge in [0, 0.05) is 27.8 Å². The molecule has 2 aromatic heterocycles. The van der Waals surface area contributed by atoms with E-state index in [1.54, 1.807) is 22.9 Å². The number of rotatable bonds is 9. The van der Waals surface area contributed by atoms with Gasteiger partial charge in [0.25, 0.3) is 5.69 Å². The van der Waals surface area contributed by atoms with Crippen LogP contribution in [0.1, 0.15) is 50.1 Å². The van der Waals surface area contributed by atoms with Crippen LogP contribution in [0.3, 0.4) is 0 Å². The van der Waals surface area contributed by atoms with Crippen LogP contribution in [-0.4, -0.2) is 48.5 Å². The summed E-state index contributed by atoms with van der Waals surface area (Å²) in [6.45, 7) is 3.88. The Morgan fingerprint density at radius 3 is 2.83 bits per heavy atom. The fraction of sp³-hybridized carbons (Fsp3) is 0.478. The van der Waals surface area contributed by atoms with Crippen molar-refractivity contribution < 1.29 is 24.6 Å². The predicted molar refractivity (Wildman–Crippen MR) is 136 cm³/mol. The number of aliphatic hydroxyl groups excluding tert-OH is 2. The highest BCUT2D eigenvalue weighted by atomic mass is 127. The van der Waals surface area contributed by atoms with Crippen molar-refractivity contribution in [1.82, 2.24) is 14.5 Å². The molecule has 4 N–H and O–H groups in total. The summed E-state index contributed by atoms with van der Waals surface area (Å²) in [7, 11) is 0. The number of fused-ring (bicyclic) bond motifs is 1. The zero-order valence-corrected chi connectivity index (χ0v) is 21.5. The van der Waals surface area contributed by atoms with E-state index in [9.17, 15) is 20.3 Å². The molecule has 188 valence electrons. The van der Waals surface area contributed by atoms with E-state index in [0.29, 0.717) is 28.6 Å². The first-order valence-corrected chi connectivity index (χ1v) is 12.4. The highest BCUT2D eigenvalue weighted by molar-refractivity contribution is 14.1. The quantitative estimate of drug-likeness (QED) is 0.191. The third-order valence-electron chi connectivity index (χ3n) is 6.07. The van der Waals surface area contributed by atoms with Crippen LogP contribution in [-0.2, 0) is 16.1 Å². The second-order valence-corrected chi connectivity index (χ2v) is 10.3. The summed E-state index contributed by atoms with van der Waals surface area (Å²) in [5, 5.41) is 32.0. The van der Waals surface area contributed by atoms with Gasteiger partial charge in [-0.2, -0.15) is 0 Å². The molecule has 1 aliphatic heterocycles. The van der Waals surface area contributed by atoms with Gasteiger partial charge in [-0.3, -0.25) is 10.1 Å². The average molecular weight is 597 g/mol. The van der Waals surface area contributed by atoms with Crippen LogP contribution < -0.4 is 5.73 Å². The summed E-state index contributed by atoms with van der Waals surface area (Å²) >= 11 is 2.05. The molecule has 11 nitrogen and oxygen atoms in total. The van der Waals surface area contributed by atoms with Crippen LogP contribution in [0.5, 0.6) is 0 Å². The van der Waals surface area contributed by atoms with Crippen LogP contribution in [0.25, 0.3) is 11.0 Å². The predicted octanol–water partition coefficient (Wildman–Crippen LogP) is 3.47. The van der Waals surface area contributed by atoms with Crippen LogP contribution in [0.2, 0.25) is 0 Å². The number of nitrogen functional groups attached to an aromatic ring is 1. The van der Waals surface area contributed by atoms with E-state index in [2.05, 4.69) is 32.6 Å². The molecule has 1 fully saturated rings. The first-order chi connectivity index (χ1) is 16.7. The molecule has 3 aromatic rings. The number of hydrogen-bond acceptors (Lipinski definition) is 9. The Morgan fingerprint density at radius 1 is 1.40 bits per heavy atom. The van der Waals surface area contributed by atoms with Crippen molar-refractivity contribution in [3.63, 3.8) is 0 Å². The van der Waals surface area contributed by atoms with Gasteiger partial charge < -0.3 is 30.0 Å². The Bertz CT molecular complexity index is 1220.